The minimum atomic E-state index is -0.459. The summed E-state index contributed by atoms with van der Waals surface area (Å²) < 4.78 is 10.0. The monoisotopic (exact) mass is 251 g/mol. The van der Waals surface area contributed by atoms with E-state index in [1.54, 1.807) is 31.2 Å². The second-order valence-electron chi connectivity index (χ2n) is 3.50. The Labute approximate surface area is 106 Å². The highest BCUT2D eigenvalue weighted by molar-refractivity contribution is 5.90. The van der Waals surface area contributed by atoms with Gasteiger partial charge in [-0.25, -0.2) is 4.79 Å². The number of rotatable bonds is 4. The van der Waals surface area contributed by atoms with Gasteiger partial charge in [0.25, 0.3) is 0 Å². The smallest absolute Gasteiger partial charge is 0.414 e. The van der Waals surface area contributed by atoms with E-state index in [-0.39, 0.29) is 0 Å². The molecule has 1 aromatic carbocycles. The average molecular weight is 251 g/mol. The first kappa shape index (κ1) is 14.0. The van der Waals surface area contributed by atoms with E-state index in [4.69, 9.17) is 9.47 Å². The summed E-state index contributed by atoms with van der Waals surface area (Å²) in [5.74, 6) is -0.0812. The average Bonchev–Trinajstić information content (AvgIpc) is 2.32. The Bertz CT molecular complexity index is 431. The van der Waals surface area contributed by atoms with Crippen LogP contribution in [0.3, 0.4) is 0 Å². The molecule has 18 heavy (non-hydrogen) atoms. The van der Waals surface area contributed by atoms with Gasteiger partial charge in [0.2, 0.25) is 0 Å². The first-order valence-electron chi connectivity index (χ1n) is 5.81. The van der Waals surface area contributed by atoms with Gasteiger partial charge in [-0.15, -0.1) is 0 Å². The summed E-state index contributed by atoms with van der Waals surface area (Å²) in [7, 11) is 0. The Hall–Kier alpha value is -2.04. The number of anilines is 1. The number of esters is 1. The highest BCUT2D eigenvalue weighted by Crippen LogP contribution is 2.28. The number of ether oxygens (including phenoxy) is 2. The minimum Gasteiger partial charge on any atom is -0.449 e. The molecule has 1 rings (SSSR count). The van der Waals surface area contributed by atoms with Gasteiger partial charge in [0.1, 0.15) is 0 Å². The van der Waals surface area contributed by atoms with Crippen LogP contribution in [0.2, 0.25) is 0 Å². The van der Waals surface area contributed by atoms with Crippen LogP contribution in [0.15, 0.2) is 24.3 Å². The molecule has 0 saturated carbocycles. The number of nitrogens with zero attached hydrogens (tertiary/aromatic N) is 1. The largest absolute Gasteiger partial charge is 0.449 e. The van der Waals surface area contributed by atoms with Gasteiger partial charge in [0.05, 0.1) is 12.3 Å². The third-order valence-corrected chi connectivity index (χ3v) is 2.21. The molecule has 0 aliphatic rings. The molecule has 98 valence electrons. The van der Waals surface area contributed by atoms with Crippen molar-refractivity contribution in [2.45, 2.75) is 20.8 Å². The molecule has 0 bridgehead atoms. The van der Waals surface area contributed by atoms with Crippen LogP contribution in [0.5, 0.6) is 5.75 Å². The lowest BCUT2D eigenvalue weighted by atomic mass is 10.2. The molecule has 1 aromatic rings. The minimum absolute atomic E-state index is 0.297. The van der Waals surface area contributed by atoms with E-state index in [0.29, 0.717) is 24.6 Å². The van der Waals surface area contributed by atoms with Gasteiger partial charge in [0.15, 0.2) is 5.75 Å². The third-order valence-electron chi connectivity index (χ3n) is 2.21. The van der Waals surface area contributed by atoms with Crippen LogP contribution in [-0.4, -0.2) is 25.2 Å². The molecule has 5 nitrogen and oxygen atoms in total. The third kappa shape index (κ3) is 3.48. The standard InChI is InChI=1S/C13H17NO4/c1-4-14(13(16)17-5-2)11-8-6-7-9-12(11)18-10(3)15/h6-9H,4-5H2,1-3H3. The summed E-state index contributed by atoms with van der Waals surface area (Å²) in [5, 5.41) is 0. The van der Waals surface area contributed by atoms with E-state index < -0.39 is 12.1 Å². The first-order valence-corrected chi connectivity index (χ1v) is 5.81. The fourth-order valence-corrected chi connectivity index (χ4v) is 1.52. The molecule has 0 aliphatic heterocycles. The van der Waals surface area contributed by atoms with Crippen molar-refractivity contribution in [1.29, 1.82) is 0 Å². The van der Waals surface area contributed by atoms with Crippen molar-refractivity contribution in [2.75, 3.05) is 18.1 Å². The van der Waals surface area contributed by atoms with Crippen molar-refractivity contribution in [2.24, 2.45) is 0 Å². The highest BCUT2D eigenvalue weighted by atomic mass is 16.6. The molecular weight excluding hydrogens is 234 g/mol. The molecule has 0 N–H and O–H groups in total. The number of carbonyl (C=O) groups excluding carboxylic acids is 2. The Morgan fingerprint density at radius 2 is 1.89 bits per heavy atom. The van der Waals surface area contributed by atoms with Crippen molar-refractivity contribution in [3.8, 4) is 5.75 Å². The van der Waals surface area contributed by atoms with Crippen LogP contribution >= 0.6 is 0 Å². The SMILES string of the molecule is CCOC(=O)N(CC)c1ccccc1OC(C)=O. The Kier molecular flexibility index (Phi) is 5.17. The van der Waals surface area contributed by atoms with Crippen LogP contribution in [0.1, 0.15) is 20.8 Å². The highest BCUT2D eigenvalue weighted by Gasteiger charge is 2.19. The van der Waals surface area contributed by atoms with E-state index in [0.717, 1.165) is 0 Å². The maximum absolute atomic E-state index is 11.8. The molecule has 0 radical (unpaired) electrons. The molecule has 0 atom stereocenters. The second-order valence-corrected chi connectivity index (χ2v) is 3.50. The van der Waals surface area contributed by atoms with Gasteiger partial charge in [-0.2, -0.15) is 0 Å². The maximum atomic E-state index is 11.8. The predicted molar refractivity (Wildman–Crippen MR) is 67.8 cm³/mol. The first-order chi connectivity index (χ1) is 8.60. The molecule has 0 heterocycles. The van der Waals surface area contributed by atoms with Crippen molar-refractivity contribution < 1.29 is 19.1 Å². The fraction of sp³-hybridized carbons (Fsp3) is 0.385. The van der Waals surface area contributed by atoms with Gasteiger partial charge in [0, 0.05) is 13.5 Å². The number of benzene rings is 1. The Morgan fingerprint density at radius 3 is 2.44 bits per heavy atom. The van der Waals surface area contributed by atoms with E-state index in [9.17, 15) is 9.59 Å². The van der Waals surface area contributed by atoms with Gasteiger partial charge in [-0.3, -0.25) is 9.69 Å². The number of hydrogen-bond donors (Lipinski definition) is 0. The zero-order valence-corrected chi connectivity index (χ0v) is 10.8. The van der Waals surface area contributed by atoms with Crippen LogP contribution in [0.25, 0.3) is 0 Å². The zero-order valence-electron chi connectivity index (χ0n) is 10.8. The van der Waals surface area contributed by atoms with E-state index in [1.807, 2.05) is 6.92 Å². The normalized spacial score (nSPS) is 9.72. The molecule has 0 aromatic heterocycles. The molecule has 1 amide bonds. The lowest BCUT2D eigenvalue weighted by Gasteiger charge is -2.22. The number of amides is 1. The topological polar surface area (TPSA) is 55.8 Å². The summed E-state index contributed by atoms with van der Waals surface area (Å²) in [6.07, 6.45) is -0.459. The van der Waals surface area contributed by atoms with Crippen LogP contribution in [0.4, 0.5) is 10.5 Å². The van der Waals surface area contributed by atoms with Crippen molar-refractivity contribution in [3.63, 3.8) is 0 Å². The van der Waals surface area contributed by atoms with E-state index in [2.05, 4.69) is 0 Å². The van der Waals surface area contributed by atoms with Gasteiger partial charge in [-0.05, 0) is 26.0 Å². The molecular formula is C13H17NO4. The summed E-state index contributed by atoms with van der Waals surface area (Å²) in [6.45, 7) is 5.60. The quantitative estimate of drug-likeness (QED) is 0.609. The zero-order chi connectivity index (χ0) is 13.5. The van der Waals surface area contributed by atoms with Crippen LogP contribution in [0, 0.1) is 0 Å². The molecule has 5 heteroatoms. The van der Waals surface area contributed by atoms with Gasteiger partial charge in [-0.1, -0.05) is 12.1 Å². The van der Waals surface area contributed by atoms with Crippen LogP contribution < -0.4 is 9.64 Å². The molecule has 0 aliphatic carbocycles. The summed E-state index contributed by atoms with van der Waals surface area (Å²) in [5.41, 5.74) is 0.522. The van der Waals surface area contributed by atoms with Gasteiger partial charge >= 0.3 is 12.1 Å². The lowest BCUT2D eigenvalue weighted by Crippen LogP contribution is -2.31. The molecule has 0 fully saturated rings. The van der Waals surface area contributed by atoms with E-state index in [1.165, 1.54) is 11.8 Å². The molecule has 0 unspecified atom stereocenters. The summed E-state index contributed by atoms with van der Waals surface area (Å²) in [4.78, 5) is 24.2. The number of para-hydroxylation sites is 2. The maximum Gasteiger partial charge on any atom is 0.414 e. The molecule has 0 saturated heterocycles. The molecule has 0 spiro atoms. The number of hydrogen-bond acceptors (Lipinski definition) is 4. The fourth-order valence-electron chi connectivity index (χ4n) is 1.52. The summed E-state index contributed by atoms with van der Waals surface area (Å²) in [6, 6.07) is 6.85. The second kappa shape index (κ2) is 6.64. The van der Waals surface area contributed by atoms with E-state index >= 15 is 0 Å². The van der Waals surface area contributed by atoms with Gasteiger partial charge < -0.3 is 9.47 Å². The number of carbonyl (C=O) groups is 2. The Morgan fingerprint density at radius 1 is 1.22 bits per heavy atom. The van der Waals surface area contributed by atoms with Crippen molar-refractivity contribution >= 4 is 17.7 Å². The van der Waals surface area contributed by atoms with Crippen LogP contribution in [-0.2, 0) is 9.53 Å². The van der Waals surface area contributed by atoms with Crippen molar-refractivity contribution in [3.05, 3.63) is 24.3 Å². The lowest BCUT2D eigenvalue weighted by molar-refractivity contribution is -0.131. The van der Waals surface area contributed by atoms with Crippen molar-refractivity contribution in [1.82, 2.24) is 0 Å². The Balaban J connectivity index is 3.04. The predicted octanol–water partition coefficient (Wildman–Crippen LogP) is 2.59. The summed E-state index contributed by atoms with van der Waals surface area (Å²) >= 11 is 0.